The largest absolute Gasteiger partial charge is 0.481 e. The molecule has 1 aromatic heterocycles. The van der Waals surface area contributed by atoms with Gasteiger partial charge in [0.25, 0.3) is 5.91 Å². The number of amides is 1. The van der Waals surface area contributed by atoms with Crippen LogP contribution in [0.3, 0.4) is 0 Å². The third kappa shape index (κ3) is 4.33. The van der Waals surface area contributed by atoms with Gasteiger partial charge >= 0.3 is 5.97 Å². The molecule has 1 aliphatic carbocycles. The highest BCUT2D eigenvalue weighted by Crippen LogP contribution is 2.31. The Balaban J connectivity index is 1.46. The topological polar surface area (TPSA) is 95.7 Å². The number of halogens is 3. The van der Waals surface area contributed by atoms with Crippen molar-refractivity contribution in [2.24, 2.45) is 11.8 Å². The Morgan fingerprint density at radius 1 is 1.17 bits per heavy atom. The van der Waals surface area contributed by atoms with Crippen LogP contribution in [-0.2, 0) is 4.79 Å². The predicted molar refractivity (Wildman–Crippen MR) is 98.0 cm³/mol. The molecular formula is C20H20F3N3O4. The molecule has 0 radical (unpaired) electrons. The molecule has 1 saturated heterocycles. The van der Waals surface area contributed by atoms with E-state index >= 15 is 0 Å². The van der Waals surface area contributed by atoms with Crippen LogP contribution in [0.1, 0.15) is 29.8 Å². The van der Waals surface area contributed by atoms with Crippen LogP contribution in [0, 0.1) is 29.3 Å². The maximum absolute atomic E-state index is 13.9. The maximum Gasteiger partial charge on any atom is 0.309 e. The van der Waals surface area contributed by atoms with Crippen LogP contribution >= 0.6 is 0 Å². The molecule has 0 spiro atoms. The van der Waals surface area contributed by atoms with Gasteiger partial charge in [-0.05, 0) is 25.2 Å². The van der Waals surface area contributed by atoms with Crippen molar-refractivity contribution in [2.75, 3.05) is 19.6 Å². The molecule has 30 heavy (non-hydrogen) atoms. The number of benzene rings is 1. The fraction of sp³-hybridized carbons (Fsp3) is 0.450. The monoisotopic (exact) mass is 423 g/mol. The Labute approximate surface area is 169 Å². The molecule has 2 aromatic rings. The second-order valence-corrected chi connectivity index (χ2v) is 7.84. The zero-order valence-electron chi connectivity index (χ0n) is 15.9. The molecule has 2 fully saturated rings. The van der Waals surface area contributed by atoms with Crippen LogP contribution in [-0.4, -0.2) is 52.7 Å². The first-order valence-corrected chi connectivity index (χ1v) is 9.69. The van der Waals surface area contributed by atoms with Crippen molar-refractivity contribution in [1.29, 1.82) is 0 Å². The summed E-state index contributed by atoms with van der Waals surface area (Å²) in [7, 11) is 0. The highest BCUT2D eigenvalue weighted by Gasteiger charge is 2.37. The summed E-state index contributed by atoms with van der Waals surface area (Å²) in [6, 6.07) is 1.42. The Morgan fingerprint density at radius 3 is 2.50 bits per heavy atom. The lowest BCUT2D eigenvalue weighted by molar-refractivity contribution is -0.144. The first kappa shape index (κ1) is 20.4. The van der Waals surface area contributed by atoms with Crippen molar-refractivity contribution >= 4 is 11.9 Å². The summed E-state index contributed by atoms with van der Waals surface area (Å²) in [5.74, 6) is -5.69. The molecule has 4 rings (SSSR count). The zero-order chi connectivity index (χ0) is 21.4. The lowest BCUT2D eigenvalue weighted by Crippen LogP contribution is -2.53. The first-order chi connectivity index (χ1) is 14.3. The number of aliphatic carboxylic acids is 1. The van der Waals surface area contributed by atoms with Crippen LogP contribution in [0.15, 0.2) is 22.7 Å². The van der Waals surface area contributed by atoms with E-state index in [1.165, 1.54) is 0 Å². The average molecular weight is 423 g/mol. The SMILES string of the molecule is O=C(NC1CCN(CC2CC2)CC1C(=O)O)c1cc(-c2c(F)cc(F)cc2F)on1. The lowest BCUT2D eigenvalue weighted by Gasteiger charge is -2.36. The second kappa shape index (κ2) is 8.10. The molecule has 2 unspecified atom stereocenters. The van der Waals surface area contributed by atoms with Crippen LogP contribution in [0.25, 0.3) is 11.3 Å². The summed E-state index contributed by atoms with van der Waals surface area (Å²) in [5.41, 5.74) is -0.891. The molecule has 2 atom stereocenters. The summed E-state index contributed by atoms with van der Waals surface area (Å²) in [4.78, 5) is 26.3. The van der Waals surface area contributed by atoms with E-state index in [-0.39, 0.29) is 11.5 Å². The zero-order valence-corrected chi connectivity index (χ0v) is 15.9. The van der Waals surface area contributed by atoms with Gasteiger partial charge in [-0.2, -0.15) is 0 Å². The molecule has 2 aliphatic rings. The number of piperidine rings is 1. The van der Waals surface area contributed by atoms with Crippen molar-refractivity contribution in [3.63, 3.8) is 0 Å². The summed E-state index contributed by atoms with van der Waals surface area (Å²) >= 11 is 0. The molecule has 1 aromatic carbocycles. The van der Waals surface area contributed by atoms with E-state index < -0.39 is 46.9 Å². The van der Waals surface area contributed by atoms with Gasteiger partial charge in [-0.15, -0.1) is 0 Å². The number of carbonyl (C=O) groups excluding carboxylic acids is 1. The first-order valence-electron chi connectivity index (χ1n) is 9.69. The molecule has 0 bridgehead atoms. The van der Waals surface area contributed by atoms with E-state index in [2.05, 4.69) is 15.4 Å². The number of hydrogen-bond acceptors (Lipinski definition) is 5. The minimum Gasteiger partial charge on any atom is -0.481 e. The van der Waals surface area contributed by atoms with Gasteiger partial charge in [0.15, 0.2) is 11.5 Å². The number of likely N-dealkylation sites (tertiary alicyclic amines) is 1. The third-order valence-electron chi connectivity index (χ3n) is 5.54. The Morgan fingerprint density at radius 2 is 1.87 bits per heavy atom. The lowest BCUT2D eigenvalue weighted by atomic mass is 9.91. The minimum atomic E-state index is -1.19. The molecule has 1 aliphatic heterocycles. The normalized spacial score (nSPS) is 22.1. The van der Waals surface area contributed by atoms with Gasteiger partial charge in [-0.1, -0.05) is 5.16 Å². The van der Waals surface area contributed by atoms with Crippen molar-refractivity contribution in [3.05, 3.63) is 41.3 Å². The molecule has 10 heteroatoms. The van der Waals surface area contributed by atoms with E-state index in [1.54, 1.807) is 0 Å². The number of carboxylic acid groups (broad SMARTS) is 1. The van der Waals surface area contributed by atoms with Crippen LogP contribution in [0.5, 0.6) is 0 Å². The van der Waals surface area contributed by atoms with Crippen molar-refractivity contribution in [1.82, 2.24) is 15.4 Å². The van der Waals surface area contributed by atoms with Gasteiger partial charge < -0.3 is 19.8 Å². The van der Waals surface area contributed by atoms with Crippen LogP contribution in [0.2, 0.25) is 0 Å². The average Bonchev–Trinajstić information content (AvgIpc) is 3.35. The van der Waals surface area contributed by atoms with Gasteiger partial charge in [0.2, 0.25) is 0 Å². The highest BCUT2D eigenvalue weighted by molar-refractivity contribution is 5.93. The van der Waals surface area contributed by atoms with Gasteiger partial charge in [0.1, 0.15) is 17.5 Å². The molecule has 2 heterocycles. The standard InChI is InChI=1S/C20H20F3N3O4/c21-11-5-13(22)18(14(23)6-11)17-7-16(25-30-17)19(27)24-15-3-4-26(8-10-1-2-10)9-12(15)20(28)29/h5-7,10,12,15H,1-4,8-9H2,(H,24,27)(H,28,29). The molecule has 2 N–H and O–H groups in total. The quantitative estimate of drug-likeness (QED) is 0.742. The van der Waals surface area contributed by atoms with E-state index in [0.717, 1.165) is 25.5 Å². The summed E-state index contributed by atoms with van der Waals surface area (Å²) in [6.45, 7) is 1.88. The Bertz CT molecular complexity index is 953. The number of aromatic nitrogens is 1. The summed E-state index contributed by atoms with van der Waals surface area (Å²) in [6.07, 6.45) is 2.79. The Kier molecular flexibility index (Phi) is 5.50. The van der Waals surface area contributed by atoms with Gasteiger partial charge in [-0.25, -0.2) is 13.2 Å². The smallest absolute Gasteiger partial charge is 0.309 e. The van der Waals surface area contributed by atoms with Crippen molar-refractivity contribution < 1.29 is 32.4 Å². The molecule has 7 nitrogen and oxygen atoms in total. The molecule has 1 amide bonds. The second-order valence-electron chi connectivity index (χ2n) is 7.84. The van der Waals surface area contributed by atoms with Crippen molar-refractivity contribution in [2.45, 2.75) is 25.3 Å². The number of carbonyl (C=O) groups is 2. The minimum absolute atomic E-state index is 0.252. The van der Waals surface area contributed by atoms with Gasteiger partial charge in [0.05, 0.1) is 11.5 Å². The molecular weight excluding hydrogens is 403 g/mol. The number of hydrogen-bond donors (Lipinski definition) is 2. The molecule has 1 saturated carbocycles. The third-order valence-corrected chi connectivity index (χ3v) is 5.54. The fourth-order valence-corrected chi connectivity index (χ4v) is 3.79. The van der Waals surface area contributed by atoms with E-state index in [9.17, 15) is 27.9 Å². The maximum atomic E-state index is 13.9. The number of rotatable bonds is 6. The van der Waals surface area contributed by atoms with Crippen LogP contribution in [0.4, 0.5) is 13.2 Å². The number of carboxylic acids is 1. The predicted octanol–water partition coefficient (Wildman–Crippen LogP) is 2.67. The van der Waals surface area contributed by atoms with Crippen molar-refractivity contribution in [3.8, 4) is 11.3 Å². The van der Waals surface area contributed by atoms with Gasteiger partial charge in [0, 0.05) is 43.9 Å². The van der Waals surface area contributed by atoms with Gasteiger partial charge in [-0.3, -0.25) is 9.59 Å². The van der Waals surface area contributed by atoms with E-state index in [0.29, 0.717) is 37.6 Å². The van der Waals surface area contributed by atoms with E-state index in [1.807, 2.05) is 0 Å². The van der Waals surface area contributed by atoms with E-state index in [4.69, 9.17) is 4.52 Å². The molecule has 160 valence electrons. The fourth-order valence-electron chi connectivity index (χ4n) is 3.79. The Hall–Kier alpha value is -2.88. The number of nitrogens with one attached hydrogen (secondary N) is 1. The summed E-state index contributed by atoms with van der Waals surface area (Å²) in [5, 5.41) is 15.7. The number of nitrogens with zero attached hydrogens (tertiary/aromatic N) is 2. The highest BCUT2D eigenvalue weighted by atomic mass is 19.1. The summed E-state index contributed by atoms with van der Waals surface area (Å²) < 4.78 is 45.8. The van der Waals surface area contributed by atoms with Crippen LogP contribution < -0.4 is 5.32 Å².